The molecule has 2 N–H and O–H groups in total. The molecule has 0 spiro atoms. The van der Waals surface area contributed by atoms with Gasteiger partial charge in [0.1, 0.15) is 23.0 Å². The van der Waals surface area contributed by atoms with Crippen LogP contribution in [0.2, 0.25) is 0 Å². The predicted molar refractivity (Wildman–Crippen MR) is 112 cm³/mol. The van der Waals surface area contributed by atoms with Crippen molar-refractivity contribution in [2.24, 2.45) is 0 Å². The van der Waals surface area contributed by atoms with Crippen molar-refractivity contribution in [3.05, 3.63) is 75.9 Å². The molecule has 148 valence electrons. The number of hydrogen-bond donors (Lipinski definition) is 2. The van der Waals surface area contributed by atoms with Crippen LogP contribution in [0.5, 0.6) is 11.6 Å². The number of quaternary nitrogens is 1. The van der Waals surface area contributed by atoms with E-state index >= 15 is 0 Å². The number of nitrogens with zero attached hydrogens (tertiary/aromatic N) is 3. The third-order valence-corrected chi connectivity index (χ3v) is 6.76. The van der Waals surface area contributed by atoms with Crippen LogP contribution in [-0.4, -0.2) is 33.4 Å². The van der Waals surface area contributed by atoms with Crippen molar-refractivity contribution >= 4 is 16.3 Å². The Morgan fingerprint density at radius 2 is 1.90 bits per heavy atom. The average Bonchev–Trinajstić information content (AvgIpc) is 3.26. The van der Waals surface area contributed by atoms with Gasteiger partial charge in [0.05, 0.1) is 13.7 Å². The van der Waals surface area contributed by atoms with E-state index in [0.29, 0.717) is 5.82 Å². The van der Waals surface area contributed by atoms with Crippen molar-refractivity contribution in [1.29, 1.82) is 0 Å². The molecule has 0 amide bonds. The van der Waals surface area contributed by atoms with Crippen LogP contribution in [0, 0.1) is 6.92 Å². The zero-order valence-corrected chi connectivity index (χ0v) is 17.2. The van der Waals surface area contributed by atoms with Gasteiger partial charge in [0, 0.05) is 17.5 Å². The minimum atomic E-state index is 0.00284. The third kappa shape index (κ3) is 3.16. The van der Waals surface area contributed by atoms with Crippen LogP contribution in [0.25, 0.3) is 4.96 Å². The van der Waals surface area contributed by atoms with E-state index in [1.54, 1.807) is 11.6 Å². The molecule has 1 aliphatic rings. The number of methoxy groups -OCH3 is 1. The molecule has 0 saturated heterocycles. The number of aromatic hydroxyl groups is 1. The maximum Gasteiger partial charge on any atom is 0.235 e. The Balaban J connectivity index is 1.60. The molecule has 2 aromatic carbocycles. The normalized spacial score (nSPS) is 17.2. The Bertz CT molecular complexity index is 1170. The summed E-state index contributed by atoms with van der Waals surface area (Å²) in [4.78, 5) is 7.50. The highest BCUT2D eigenvalue weighted by Gasteiger charge is 2.34. The molecule has 0 radical (unpaired) electrons. The fraction of sp³-hybridized carbons (Fsp3) is 0.273. The average molecular weight is 408 g/mol. The van der Waals surface area contributed by atoms with Crippen LogP contribution in [0.4, 0.5) is 0 Å². The second-order valence-electron chi connectivity index (χ2n) is 7.45. The number of nitrogens with one attached hydrogen (secondary N) is 1. The van der Waals surface area contributed by atoms with Crippen LogP contribution < -0.4 is 9.64 Å². The lowest BCUT2D eigenvalue weighted by molar-refractivity contribution is -0.940. The number of aryl methyl sites for hydroxylation is 1. The summed E-state index contributed by atoms with van der Waals surface area (Å²) in [6.07, 6.45) is 1.03. The van der Waals surface area contributed by atoms with Gasteiger partial charge in [0.15, 0.2) is 6.04 Å². The van der Waals surface area contributed by atoms with Gasteiger partial charge < -0.3 is 14.7 Å². The maximum atomic E-state index is 11.0. The van der Waals surface area contributed by atoms with Crippen LogP contribution in [0.3, 0.4) is 0 Å². The molecule has 0 fully saturated rings. The SMILES string of the molecule is COc1ccc([C@H](c2sc3nc(C)nn3c2O)[NH+]2CCc3ccccc3C2)cc1. The lowest BCUT2D eigenvalue weighted by atomic mass is 9.95. The van der Waals surface area contributed by atoms with Crippen LogP contribution >= 0.6 is 11.3 Å². The number of benzene rings is 2. The fourth-order valence-electron chi connectivity index (χ4n) is 4.25. The van der Waals surface area contributed by atoms with E-state index in [1.807, 2.05) is 19.1 Å². The molecule has 1 aliphatic heterocycles. The first-order valence-electron chi connectivity index (χ1n) is 9.74. The van der Waals surface area contributed by atoms with Gasteiger partial charge in [-0.3, -0.25) is 0 Å². The number of thiazole rings is 1. The van der Waals surface area contributed by atoms with E-state index in [-0.39, 0.29) is 11.9 Å². The van der Waals surface area contributed by atoms with E-state index in [9.17, 15) is 5.11 Å². The zero-order valence-electron chi connectivity index (χ0n) is 16.4. The summed E-state index contributed by atoms with van der Waals surface area (Å²) in [6.45, 7) is 3.76. The van der Waals surface area contributed by atoms with Crippen molar-refractivity contribution < 1.29 is 14.7 Å². The van der Waals surface area contributed by atoms with E-state index < -0.39 is 0 Å². The second kappa shape index (κ2) is 7.17. The van der Waals surface area contributed by atoms with Gasteiger partial charge >= 0.3 is 0 Å². The Morgan fingerprint density at radius 3 is 2.62 bits per heavy atom. The number of ether oxygens (including phenoxy) is 1. The number of aromatic nitrogens is 3. The zero-order chi connectivity index (χ0) is 20.0. The molecule has 0 bridgehead atoms. The van der Waals surface area contributed by atoms with Gasteiger partial charge in [-0.25, -0.2) is 4.98 Å². The highest BCUT2D eigenvalue weighted by Crippen LogP contribution is 2.36. The molecule has 6 nitrogen and oxygen atoms in total. The summed E-state index contributed by atoms with van der Waals surface area (Å²) in [5.74, 6) is 1.69. The van der Waals surface area contributed by atoms with Crippen molar-refractivity contribution in [3.8, 4) is 11.6 Å². The first-order valence-corrected chi connectivity index (χ1v) is 10.6. The van der Waals surface area contributed by atoms with Crippen LogP contribution in [0.1, 0.15) is 33.4 Å². The number of fused-ring (bicyclic) bond motifs is 2. The molecule has 0 saturated carbocycles. The largest absolute Gasteiger partial charge is 0.497 e. The summed E-state index contributed by atoms with van der Waals surface area (Å²) in [7, 11) is 1.67. The first-order chi connectivity index (χ1) is 14.1. The lowest BCUT2D eigenvalue weighted by Gasteiger charge is -2.32. The number of rotatable bonds is 4. The Hall–Kier alpha value is -2.90. The molecule has 2 aromatic heterocycles. The topological polar surface area (TPSA) is 64.1 Å². The minimum Gasteiger partial charge on any atom is -0.497 e. The Labute approximate surface area is 173 Å². The smallest absolute Gasteiger partial charge is 0.235 e. The predicted octanol–water partition coefficient (Wildman–Crippen LogP) is 2.54. The van der Waals surface area contributed by atoms with Gasteiger partial charge in [0.2, 0.25) is 10.8 Å². The van der Waals surface area contributed by atoms with Gasteiger partial charge in [-0.2, -0.15) is 4.52 Å². The Kier molecular flexibility index (Phi) is 4.49. The summed E-state index contributed by atoms with van der Waals surface area (Å²) in [5.41, 5.74) is 3.95. The van der Waals surface area contributed by atoms with E-state index in [1.165, 1.54) is 27.4 Å². The molecular formula is C22H23N4O2S+. The lowest BCUT2D eigenvalue weighted by Crippen LogP contribution is -3.12. The summed E-state index contributed by atoms with van der Waals surface area (Å²) >= 11 is 1.52. The van der Waals surface area contributed by atoms with Crippen molar-refractivity contribution in [3.63, 3.8) is 0 Å². The highest BCUT2D eigenvalue weighted by atomic mass is 32.1. The third-order valence-electron chi connectivity index (χ3n) is 5.68. The number of hydrogen-bond acceptors (Lipinski definition) is 5. The maximum absolute atomic E-state index is 11.0. The standard InChI is InChI=1S/C22H22N4O2S/c1-14-23-22-26(24-14)21(27)20(29-22)19(16-7-9-18(28-2)10-8-16)25-12-11-15-5-3-4-6-17(15)13-25/h3-10,19,27H,11-13H2,1-2H3/p+1/t19-/m1/s1. The second-order valence-corrected chi connectivity index (χ2v) is 8.46. The van der Waals surface area contributed by atoms with E-state index in [0.717, 1.165) is 40.7 Å². The molecule has 2 atom stereocenters. The molecule has 0 aliphatic carbocycles. The Morgan fingerprint density at radius 1 is 1.14 bits per heavy atom. The summed E-state index contributed by atoms with van der Waals surface area (Å²) in [5, 5.41) is 15.3. The molecule has 4 aromatic rings. The molecular weight excluding hydrogens is 384 g/mol. The van der Waals surface area contributed by atoms with E-state index in [2.05, 4.69) is 46.5 Å². The van der Waals surface area contributed by atoms with Crippen LogP contribution in [-0.2, 0) is 13.0 Å². The van der Waals surface area contributed by atoms with Gasteiger partial charge in [-0.05, 0) is 36.8 Å². The quantitative estimate of drug-likeness (QED) is 0.546. The molecule has 7 heteroatoms. The molecule has 3 heterocycles. The van der Waals surface area contributed by atoms with Gasteiger partial charge in [-0.15, -0.1) is 5.10 Å². The molecule has 29 heavy (non-hydrogen) atoms. The summed E-state index contributed by atoms with van der Waals surface area (Å²) < 4.78 is 6.90. The fourth-order valence-corrected chi connectivity index (χ4v) is 5.44. The van der Waals surface area contributed by atoms with Crippen molar-refractivity contribution in [2.75, 3.05) is 13.7 Å². The first kappa shape index (κ1) is 18.1. The molecule has 5 rings (SSSR count). The van der Waals surface area contributed by atoms with E-state index in [4.69, 9.17) is 4.74 Å². The van der Waals surface area contributed by atoms with Crippen molar-refractivity contribution in [1.82, 2.24) is 14.6 Å². The minimum absolute atomic E-state index is 0.00284. The monoisotopic (exact) mass is 407 g/mol. The molecule has 1 unspecified atom stereocenters. The highest BCUT2D eigenvalue weighted by molar-refractivity contribution is 7.17. The summed E-state index contributed by atoms with van der Waals surface area (Å²) in [6, 6.07) is 16.8. The van der Waals surface area contributed by atoms with Crippen LogP contribution in [0.15, 0.2) is 48.5 Å². The van der Waals surface area contributed by atoms with Gasteiger partial charge in [0.25, 0.3) is 0 Å². The van der Waals surface area contributed by atoms with Crippen molar-refractivity contribution in [2.45, 2.75) is 25.9 Å². The van der Waals surface area contributed by atoms with Gasteiger partial charge in [-0.1, -0.05) is 35.6 Å².